The van der Waals surface area contributed by atoms with Gasteiger partial charge in [0, 0.05) is 132 Å². The normalized spacial score (nSPS) is 13.8. The van der Waals surface area contributed by atoms with Crippen molar-refractivity contribution in [2.45, 2.75) is 401 Å². The van der Waals surface area contributed by atoms with E-state index in [9.17, 15) is 29.4 Å². The third-order valence-electron chi connectivity index (χ3n) is 13.1. The van der Waals surface area contributed by atoms with Gasteiger partial charge in [-0.05, 0) is 181 Å². The van der Waals surface area contributed by atoms with Crippen LogP contribution in [-0.4, -0.2) is 132 Å². The van der Waals surface area contributed by atoms with Crippen molar-refractivity contribution in [2.24, 2.45) is 11.8 Å². The smallest absolute Gasteiger partial charge is 0.315 e. The first kappa shape index (κ1) is 150. The Morgan fingerprint density at radius 3 is 0.694 bits per heavy atom. The number of carbonyl (C=O) groups is 4. The van der Waals surface area contributed by atoms with Gasteiger partial charge in [0.2, 0.25) is 11.8 Å². The average molecular weight is 2080 g/mol. The summed E-state index contributed by atoms with van der Waals surface area (Å²) in [6.45, 7) is 48.7. The zero-order valence-electron chi connectivity index (χ0n) is 57.3. The van der Waals surface area contributed by atoms with Crippen LogP contribution < -0.4 is 10.6 Å². The van der Waals surface area contributed by atoms with Gasteiger partial charge in [0.15, 0.2) is 33.3 Å². The molecule has 0 saturated heterocycles. The molecule has 6 unspecified atom stereocenters. The molecule has 0 aromatic carbocycles. The van der Waals surface area contributed by atoms with E-state index in [1.807, 2.05) is 0 Å². The van der Waals surface area contributed by atoms with E-state index in [1.165, 1.54) is 25.7 Å². The van der Waals surface area contributed by atoms with Crippen LogP contribution in [0.4, 0.5) is 0 Å². The van der Waals surface area contributed by atoms with Crippen molar-refractivity contribution >= 4 is 108 Å². The van der Waals surface area contributed by atoms with Crippen LogP contribution >= 0.6 is 0 Å². The molecule has 0 saturated carbocycles. The summed E-state index contributed by atoms with van der Waals surface area (Å²) < 4.78 is 55.7. The molecule has 4 N–H and O–H groups in total. The van der Waals surface area contributed by atoms with Gasteiger partial charge in [0.1, 0.15) is 0 Å². The number of carboxylic acid groups (broad SMARTS) is 2. The molecule has 0 aliphatic rings. The maximum Gasteiger partial charge on any atom is 0.315 e. The van der Waals surface area contributed by atoms with E-state index < -0.39 is 108 Å². The summed E-state index contributed by atoms with van der Waals surface area (Å²) in [5.41, 5.74) is 0. The molecule has 0 spiro atoms. The van der Waals surface area contributed by atoms with Crippen molar-refractivity contribution in [1.82, 2.24) is 10.6 Å². The molecular formula is C68H180N2O14Si10W2Y2. The number of hydrogen-bond acceptors (Lipinski definition) is 12. The van der Waals surface area contributed by atoms with Crippen molar-refractivity contribution in [1.29, 1.82) is 0 Å². The summed E-state index contributed by atoms with van der Waals surface area (Å²) in [5.74, 6) is -3.76. The zero-order valence-corrected chi connectivity index (χ0v) is 78.8. The number of carbonyl (C=O) groups excluding carboxylic acids is 2. The molecule has 98 heavy (non-hydrogen) atoms. The second-order valence-corrected chi connectivity index (χ2v) is 68.4. The molecule has 0 aromatic heterocycles. The van der Waals surface area contributed by atoms with E-state index in [4.69, 9.17) is 32.9 Å². The zero-order chi connectivity index (χ0) is 61.9. The molecule has 2 amide bonds. The third-order valence-corrected chi connectivity index (χ3v) is 49.6. The SMILES string of the molecule is C.C.C.C.C.C.C.C.C.C.C.C.C.C.CCCCCC[Si](C)(O[Si](C)(C)C)O[Si](C)(C)O[Si](C)(CCCC(CC(=O)O)C(=O)NCCCCCCCCNC(=O)C(CCC[Si](C)(O[Si](C)(C)C)O[Si](C)(C)O[Si](C)(CCCCCC)O[Si](C)(C)C)CC(=O)O)O[Si](C)(C)C.[W].[W].[Y].[Y]. The maximum absolute atomic E-state index is 13.5. The third kappa shape index (κ3) is 81.8. The van der Waals surface area contributed by atoms with Crippen LogP contribution in [0.25, 0.3) is 0 Å². The second-order valence-electron chi connectivity index (χ2n) is 28.3. The summed E-state index contributed by atoms with van der Waals surface area (Å²) in [6.07, 6.45) is 16.1. The number of hydrogen-bond donors (Lipinski definition) is 4. The fraction of sp³-hybridized carbons (Fsp3) is 0.941. The average Bonchev–Trinajstić information content (AvgIpc) is 3.22. The molecule has 0 heterocycles. The molecule has 0 fully saturated rings. The van der Waals surface area contributed by atoms with Crippen LogP contribution in [-0.2, 0) is 160 Å². The molecule has 0 rings (SSSR count). The number of nitrogens with one attached hydrogen (secondary N) is 2. The van der Waals surface area contributed by atoms with Crippen molar-refractivity contribution in [3.05, 3.63) is 0 Å². The quantitative estimate of drug-likeness (QED) is 0.0330. The molecule has 604 valence electrons. The van der Waals surface area contributed by atoms with Crippen LogP contribution in [0.15, 0.2) is 0 Å². The van der Waals surface area contributed by atoms with Gasteiger partial charge < -0.3 is 53.8 Å². The molecule has 0 aromatic rings. The fourth-order valence-electron chi connectivity index (χ4n) is 11.0. The summed E-state index contributed by atoms with van der Waals surface area (Å²) in [5, 5.41) is 25.7. The van der Waals surface area contributed by atoms with Crippen LogP contribution in [0, 0.1) is 11.8 Å². The molecule has 0 aliphatic carbocycles. The van der Waals surface area contributed by atoms with E-state index in [0.29, 0.717) is 50.9 Å². The first-order valence-electron chi connectivity index (χ1n) is 31.0. The summed E-state index contributed by atoms with van der Waals surface area (Å²) in [7, 11) is -24.2. The summed E-state index contributed by atoms with van der Waals surface area (Å²) >= 11 is 0. The standard InChI is InChI=1S/C54H124N2O14Si10.14CH4.2W.2Y/c1-23-25-27-35-43-77(19,63-71(3,4)5)67-75(15,16)69-79(21,65-73(9,10)11)45-37-39-49(47-51(57)58)53(61)55-41-33-31-29-30-32-34-42-56-54(62)50(48-52(59)60)40-38-46-80(22,66-74(12,13)14)70-76(17,18)68-78(20,64-72(6,7)8)44-36-28-26-24-2;;;;;;;;;;;;;;;;;;/h49-50H,23-48H2,1-22H3,(H,55,61)(H,56,62)(H,57,58)(H,59,60);14*1H4;;;;. The first-order chi connectivity index (χ1) is 36.4. The van der Waals surface area contributed by atoms with E-state index in [1.54, 1.807) is 0 Å². The summed E-state index contributed by atoms with van der Waals surface area (Å²) in [6, 6.07) is 3.13. The first-order valence-corrected chi connectivity index (χ1v) is 60.3. The van der Waals surface area contributed by atoms with Gasteiger partial charge in [-0.2, -0.15) is 0 Å². The maximum atomic E-state index is 13.5. The molecular weight excluding hydrogens is 1900 g/mol. The topological polar surface area (TPSA) is 207 Å². The predicted molar refractivity (Wildman–Crippen MR) is 449 cm³/mol. The van der Waals surface area contributed by atoms with Crippen molar-refractivity contribution in [3.8, 4) is 0 Å². The monoisotopic (exact) mass is 2070 g/mol. The van der Waals surface area contributed by atoms with Crippen LogP contribution in [0.1, 0.15) is 246 Å². The Labute approximate surface area is 707 Å². The molecule has 30 heteroatoms. The van der Waals surface area contributed by atoms with Gasteiger partial charge in [-0.15, -0.1) is 0 Å². The van der Waals surface area contributed by atoms with E-state index in [2.05, 4.69) is 155 Å². The molecule has 0 bridgehead atoms. The minimum Gasteiger partial charge on any atom is -0.481 e. The summed E-state index contributed by atoms with van der Waals surface area (Å²) in [4.78, 5) is 50.9. The largest absolute Gasteiger partial charge is 0.481 e. The van der Waals surface area contributed by atoms with Gasteiger partial charge in [-0.1, -0.05) is 208 Å². The van der Waals surface area contributed by atoms with Crippen molar-refractivity contribution in [3.63, 3.8) is 0 Å². The van der Waals surface area contributed by atoms with Gasteiger partial charge in [0.25, 0.3) is 0 Å². The Kier molecular flexibility index (Phi) is 110. The van der Waals surface area contributed by atoms with Crippen molar-refractivity contribution < 1.29 is 170 Å². The van der Waals surface area contributed by atoms with E-state index in [-0.39, 0.29) is 236 Å². The van der Waals surface area contributed by atoms with E-state index >= 15 is 0 Å². The molecule has 2 radical (unpaired) electrons. The van der Waals surface area contributed by atoms with Gasteiger partial charge in [-0.25, -0.2) is 0 Å². The van der Waals surface area contributed by atoms with Gasteiger partial charge in [0.05, 0.1) is 12.8 Å². The number of unbranched alkanes of at least 4 members (excludes halogenated alkanes) is 11. The minimum absolute atomic E-state index is 0. The van der Waals surface area contributed by atoms with E-state index in [0.717, 1.165) is 76.3 Å². The number of aliphatic carboxylic acids is 2. The minimum atomic E-state index is -2.83. The van der Waals surface area contributed by atoms with Crippen LogP contribution in [0.2, 0.25) is 155 Å². The van der Waals surface area contributed by atoms with Crippen LogP contribution in [0.3, 0.4) is 0 Å². The van der Waals surface area contributed by atoms with Gasteiger partial charge >= 0.3 is 63.3 Å². The number of rotatable bonds is 49. The second kappa shape index (κ2) is 71.9. The molecule has 0 aliphatic heterocycles. The Bertz CT molecular complexity index is 1710. The van der Waals surface area contributed by atoms with Gasteiger partial charge in [-0.3, -0.25) is 19.2 Å². The molecule has 6 atom stereocenters. The van der Waals surface area contributed by atoms with Crippen molar-refractivity contribution in [2.75, 3.05) is 13.1 Å². The Morgan fingerprint density at radius 2 is 0.500 bits per heavy atom. The van der Waals surface area contributed by atoms with Crippen LogP contribution in [0.5, 0.6) is 0 Å². The Hall–Kier alpha value is 3.31. The fourth-order valence-corrected chi connectivity index (χ4v) is 58.4. The Morgan fingerprint density at radius 1 is 0.306 bits per heavy atom. The number of amides is 2. The Balaban J connectivity index is -0.000000204. The molecule has 16 nitrogen and oxygen atoms in total. The predicted octanol–water partition coefficient (Wildman–Crippen LogP) is 24.5. The number of carboxylic acids is 2.